The van der Waals surface area contributed by atoms with Crippen molar-refractivity contribution in [3.8, 4) is 0 Å². The van der Waals surface area contributed by atoms with E-state index in [9.17, 15) is 43.2 Å². The van der Waals surface area contributed by atoms with Crippen molar-refractivity contribution < 1.29 is 80.2 Å². The topological polar surface area (TPSA) is 237 Å². The number of hydrogen-bond acceptors (Lipinski definition) is 15. The van der Waals surface area contributed by atoms with E-state index in [2.05, 4.69) is 41.5 Å². The Morgan fingerprint density at radius 3 is 0.731 bits per heavy atom. The van der Waals surface area contributed by atoms with Crippen LogP contribution in [0, 0.1) is 11.8 Å². The molecule has 0 aromatic heterocycles. The van der Waals surface area contributed by atoms with E-state index >= 15 is 0 Å². The monoisotopic (exact) mass is 1520 g/mol. The number of phosphoric acid groups is 2. The van der Waals surface area contributed by atoms with Gasteiger partial charge in [-0.15, -0.1) is 0 Å². The first-order valence-corrected chi connectivity index (χ1v) is 47.0. The van der Waals surface area contributed by atoms with Gasteiger partial charge in [-0.05, 0) is 37.5 Å². The fourth-order valence-electron chi connectivity index (χ4n) is 13.2. The van der Waals surface area contributed by atoms with Gasteiger partial charge in [0.25, 0.3) is 0 Å². The number of carbonyl (C=O) groups is 4. The molecule has 0 aromatic rings. The maximum absolute atomic E-state index is 13.1. The zero-order valence-corrected chi connectivity index (χ0v) is 70.1. The number of carbonyl (C=O) groups excluding carboxylic acids is 4. The predicted molar refractivity (Wildman–Crippen MR) is 428 cm³/mol. The first-order chi connectivity index (χ1) is 50.4. The number of aliphatic hydroxyl groups excluding tert-OH is 1. The molecular formula is C85H166O17P2. The van der Waals surface area contributed by atoms with Crippen molar-refractivity contribution in [2.24, 2.45) is 11.8 Å². The van der Waals surface area contributed by atoms with Gasteiger partial charge in [-0.2, -0.15) is 0 Å². The number of rotatable bonds is 84. The van der Waals surface area contributed by atoms with Crippen LogP contribution in [-0.2, 0) is 65.4 Å². The summed E-state index contributed by atoms with van der Waals surface area (Å²) >= 11 is 0. The van der Waals surface area contributed by atoms with Crippen LogP contribution in [0.1, 0.15) is 452 Å². The Morgan fingerprint density at radius 2 is 0.490 bits per heavy atom. The van der Waals surface area contributed by atoms with Crippen LogP contribution in [0.5, 0.6) is 0 Å². The first kappa shape index (κ1) is 102. The minimum atomic E-state index is -4.96. The van der Waals surface area contributed by atoms with Gasteiger partial charge in [0.05, 0.1) is 26.4 Å². The summed E-state index contributed by atoms with van der Waals surface area (Å²) in [6.45, 7) is 9.72. The van der Waals surface area contributed by atoms with Gasteiger partial charge in [0.15, 0.2) is 12.2 Å². The third kappa shape index (κ3) is 76.8. The lowest BCUT2D eigenvalue weighted by molar-refractivity contribution is -0.161. The number of unbranched alkanes of at least 4 members (excludes halogenated alkanes) is 53. The average Bonchev–Trinajstić information content (AvgIpc) is 0.906. The molecule has 618 valence electrons. The number of esters is 4. The van der Waals surface area contributed by atoms with Crippen LogP contribution < -0.4 is 0 Å². The van der Waals surface area contributed by atoms with Crippen LogP contribution in [0.4, 0.5) is 0 Å². The molecule has 0 heterocycles. The lowest BCUT2D eigenvalue weighted by Gasteiger charge is -2.21. The Bertz CT molecular complexity index is 2000. The molecule has 0 aliphatic rings. The standard InChI is InChI=1S/C85H166O17P2/c1-7-10-12-14-16-17-18-19-20-29-35-40-45-51-57-63-69-84(89)101-80(73-95-82(87)67-61-55-47-15-13-11-8-2)75-99-103(91,92)97-71-79(86)72-98-104(93,94)100-76-81(74-96-83(88)68-62-56-50-44-39-34-30-26-25-27-32-37-42-48-53-59-65-77(4)5)102-85(90)70-64-58-52-46-41-36-31-24-22-21-23-28-33-38-43-49-54-60-66-78(6)9-3/h77-81,86H,7-76H2,1-6H3,(H,91,92)(H,93,94)/t78?,79-,80+,81+/m0/s1. The molecule has 3 N–H and O–H groups in total. The van der Waals surface area contributed by atoms with Gasteiger partial charge >= 0.3 is 39.5 Å². The summed E-state index contributed by atoms with van der Waals surface area (Å²) in [6.07, 6.45) is 68.2. The fourth-order valence-corrected chi connectivity index (χ4v) is 14.8. The van der Waals surface area contributed by atoms with Gasteiger partial charge in [0.1, 0.15) is 19.3 Å². The van der Waals surface area contributed by atoms with Gasteiger partial charge in [-0.1, -0.05) is 401 Å². The molecule has 0 aromatic carbocycles. The van der Waals surface area contributed by atoms with Crippen molar-refractivity contribution in [1.29, 1.82) is 0 Å². The molecule has 6 atom stereocenters. The maximum Gasteiger partial charge on any atom is 0.472 e. The van der Waals surface area contributed by atoms with E-state index in [1.54, 1.807) is 0 Å². The third-order valence-electron chi connectivity index (χ3n) is 20.3. The van der Waals surface area contributed by atoms with E-state index in [1.165, 1.54) is 257 Å². The largest absolute Gasteiger partial charge is 0.472 e. The number of ether oxygens (including phenoxy) is 4. The highest BCUT2D eigenvalue weighted by atomic mass is 31.2. The van der Waals surface area contributed by atoms with Crippen LogP contribution in [-0.4, -0.2) is 96.7 Å². The normalized spacial score (nSPS) is 14.1. The molecule has 0 aliphatic heterocycles. The fraction of sp³-hybridized carbons (Fsp3) is 0.953. The lowest BCUT2D eigenvalue weighted by Crippen LogP contribution is -2.30. The Morgan fingerprint density at radius 1 is 0.279 bits per heavy atom. The second-order valence-corrected chi connectivity index (χ2v) is 34.2. The van der Waals surface area contributed by atoms with Crippen LogP contribution >= 0.6 is 15.6 Å². The van der Waals surface area contributed by atoms with Crippen molar-refractivity contribution in [1.82, 2.24) is 0 Å². The summed E-state index contributed by atoms with van der Waals surface area (Å²) in [4.78, 5) is 73.0. The average molecular weight is 1520 g/mol. The van der Waals surface area contributed by atoms with Crippen molar-refractivity contribution in [2.75, 3.05) is 39.6 Å². The highest BCUT2D eigenvalue weighted by Crippen LogP contribution is 2.45. The Balaban J connectivity index is 5.16. The minimum Gasteiger partial charge on any atom is -0.462 e. The summed E-state index contributed by atoms with van der Waals surface area (Å²) in [6, 6.07) is 0. The molecule has 0 bridgehead atoms. The second-order valence-electron chi connectivity index (χ2n) is 31.3. The summed E-state index contributed by atoms with van der Waals surface area (Å²) in [5.41, 5.74) is 0. The van der Waals surface area contributed by atoms with E-state index in [1.807, 2.05) is 0 Å². The molecule has 19 heteroatoms. The van der Waals surface area contributed by atoms with Crippen molar-refractivity contribution in [3.05, 3.63) is 0 Å². The van der Waals surface area contributed by atoms with Crippen LogP contribution in [0.25, 0.3) is 0 Å². The van der Waals surface area contributed by atoms with Crippen LogP contribution in [0.3, 0.4) is 0 Å². The summed E-state index contributed by atoms with van der Waals surface area (Å²) < 4.78 is 68.7. The molecule has 0 fully saturated rings. The minimum absolute atomic E-state index is 0.108. The molecule has 0 saturated carbocycles. The summed E-state index contributed by atoms with van der Waals surface area (Å²) in [5.74, 6) is -0.424. The number of hydrogen-bond donors (Lipinski definition) is 3. The molecule has 0 amide bonds. The molecule has 0 saturated heterocycles. The van der Waals surface area contributed by atoms with Crippen LogP contribution in [0.15, 0.2) is 0 Å². The zero-order chi connectivity index (χ0) is 76.4. The molecule has 17 nitrogen and oxygen atoms in total. The molecule has 0 spiro atoms. The highest BCUT2D eigenvalue weighted by molar-refractivity contribution is 7.47. The van der Waals surface area contributed by atoms with E-state index < -0.39 is 97.5 Å². The summed E-state index contributed by atoms with van der Waals surface area (Å²) in [5, 5.41) is 10.6. The Kier molecular flexibility index (Phi) is 75.0. The van der Waals surface area contributed by atoms with Gasteiger partial charge in [0.2, 0.25) is 0 Å². The molecule has 0 aliphatic carbocycles. The predicted octanol–water partition coefficient (Wildman–Crippen LogP) is 25.8. The molecule has 0 rings (SSSR count). The van der Waals surface area contributed by atoms with E-state index in [0.29, 0.717) is 25.7 Å². The van der Waals surface area contributed by atoms with E-state index in [0.717, 1.165) is 115 Å². The van der Waals surface area contributed by atoms with Gasteiger partial charge < -0.3 is 33.8 Å². The van der Waals surface area contributed by atoms with E-state index in [-0.39, 0.29) is 25.7 Å². The number of aliphatic hydroxyl groups is 1. The molecule has 104 heavy (non-hydrogen) atoms. The van der Waals surface area contributed by atoms with Gasteiger partial charge in [0, 0.05) is 25.7 Å². The van der Waals surface area contributed by atoms with Crippen LogP contribution in [0.2, 0.25) is 0 Å². The quantitative estimate of drug-likeness (QED) is 0.0222. The van der Waals surface area contributed by atoms with Gasteiger partial charge in [-0.3, -0.25) is 37.3 Å². The number of phosphoric ester groups is 2. The van der Waals surface area contributed by atoms with E-state index in [4.69, 9.17) is 37.0 Å². The smallest absolute Gasteiger partial charge is 0.462 e. The lowest BCUT2D eigenvalue weighted by atomic mass is 9.99. The highest BCUT2D eigenvalue weighted by Gasteiger charge is 2.30. The first-order valence-electron chi connectivity index (χ1n) is 44.0. The van der Waals surface area contributed by atoms with Crippen molar-refractivity contribution >= 4 is 39.5 Å². The van der Waals surface area contributed by atoms with Crippen molar-refractivity contribution in [2.45, 2.75) is 471 Å². The van der Waals surface area contributed by atoms with Gasteiger partial charge in [-0.25, -0.2) is 9.13 Å². The molecule has 3 unspecified atom stereocenters. The second kappa shape index (κ2) is 76.4. The molecule has 0 radical (unpaired) electrons. The Hall–Kier alpha value is -1.94. The summed E-state index contributed by atoms with van der Waals surface area (Å²) in [7, 11) is -9.92. The van der Waals surface area contributed by atoms with Crippen molar-refractivity contribution in [3.63, 3.8) is 0 Å². The Labute approximate surface area is 638 Å². The maximum atomic E-state index is 13.1. The SMILES string of the molecule is CCCCCCCCCCCCCCCCCCC(=O)O[C@H](COC(=O)CCCCCCCCC)COP(=O)(O)OC[C@H](O)COP(=O)(O)OC[C@@H](COC(=O)CCCCCCCCCCCCCCCCCCC(C)C)OC(=O)CCCCCCCCCCCCCCCCCCCCC(C)CC. The zero-order valence-electron chi connectivity index (χ0n) is 68.3. The third-order valence-corrected chi connectivity index (χ3v) is 22.2. The molecular weight excluding hydrogens is 1350 g/mol.